The van der Waals surface area contributed by atoms with Crippen molar-refractivity contribution >= 4 is 5.97 Å². The molecule has 0 aromatic rings. The van der Waals surface area contributed by atoms with Gasteiger partial charge < -0.3 is 4.74 Å². The normalized spacial score (nSPS) is 12.7. The number of carbonyl (C=O) groups excluding carboxylic acids is 1. The minimum absolute atomic E-state index is 0.166. The lowest BCUT2D eigenvalue weighted by molar-refractivity contribution is -0.140. The summed E-state index contributed by atoms with van der Waals surface area (Å²) in [5, 5.41) is 0. The maximum atomic E-state index is 10.5. The second-order valence-corrected chi connectivity index (χ2v) is 2.18. The third-order valence-corrected chi connectivity index (χ3v) is 1.29. The maximum absolute atomic E-state index is 10.5. The van der Waals surface area contributed by atoms with Gasteiger partial charge in [-0.2, -0.15) is 0 Å². The summed E-state index contributed by atoms with van der Waals surface area (Å²) in [6.07, 6.45) is 1.13. The number of methoxy groups -OCH3 is 1. The van der Waals surface area contributed by atoms with Crippen molar-refractivity contribution in [2.24, 2.45) is 5.84 Å². The number of carbonyl (C=O) groups is 1. The molecule has 0 fully saturated rings. The van der Waals surface area contributed by atoms with Crippen LogP contribution in [0.15, 0.2) is 0 Å². The molecule has 0 aliphatic rings. The van der Waals surface area contributed by atoms with Gasteiger partial charge in [0.25, 0.3) is 0 Å². The Balaban J connectivity index is 3.26. The Hall–Kier alpha value is -0.610. The first kappa shape index (κ1) is 9.39. The van der Waals surface area contributed by atoms with Crippen molar-refractivity contribution in [1.29, 1.82) is 0 Å². The van der Waals surface area contributed by atoms with E-state index in [1.807, 2.05) is 6.92 Å². The first-order chi connectivity index (χ1) is 4.70. The predicted molar refractivity (Wildman–Crippen MR) is 38.0 cm³/mol. The van der Waals surface area contributed by atoms with Crippen LogP contribution < -0.4 is 11.3 Å². The van der Waals surface area contributed by atoms with Gasteiger partial charge in [-0.3, -0.25) is 16.1 Å². The molecule has 1 unspecified atom stereocenters. The van der Waals surface area contributed by atoms with Crippen molar-refractivity contribution in [1.82, 2.24) is 5.43 Å². The largest absolute Gasteiger partial charge is 0.469 e. The van der Waals surface area contributed by atoms with Crippen LogP contribution in [-0.2, 0) is 9.53 Å². The summed E-state index contributed by atoms with van der Waals surface area (Å²) < 4.78 is 4.44. The Labute approximate surface area is 60.7 Å². The van der Waals surface area contributed by atoms with Gasteiger partial charge in [0.1, 0.15) is 0 Å². The molecule has 0 aliphatic carbocycles. The van der Waals surface area contributed by atoms with Crippen LogP contribution in [0.2, 0.25) is 0 Å². The highest BCUT2D eigenvalue weighted by molar-refractivity contribution is 5.69. The van der Waals surface area contributed by atoms with Crippen LogP contribution in [0.1, 0.15) is 19.8 Å². The minimum Gasteiger partial charge on any atom is -0.469 e. The maximum Gasteiger partial charge on any atom is 0.305 e. The lowest BCUT2D eigenvalue weighted by Gasteiger charge is -2.07. The molecular formula is C6H14N2O2. The summed E-state index contributed by atoms with van der Waals surface area (Å²) in [5.41, 5.74) is 2.54. The molecule has 0 aromatic heterocycles. The molecule has 4 heteroatoms. The molecule has 60 valence electrons. The summed E-state index contributed by atoms with van der Waals surface area (Å²) in [5.74, 6) is 4.91. The molecule has 1 atom stereocenters. The number of nitrogens with two attached hydrogens (primary N) is 1. The lowest BCUT2D eigenvalue weighted by atomic mass is 10.2. The van der Waals surface area contributed by atoms with Crippen molar-refractivity contribution in [3.63, 3.8) is 0 Å². The summed E-state index contributed by atoms with van der Waals surface area (Å²) in [6.45, 7) is 1.91. The number of ether oxygens (including phenoxy) is 1. The molecule has 4 nitrogen and oxygen atoms in total. The molecular weight excluding hydrogens is 132 g/mol. The highest BCUT2D eigenvalue weighted by atomic mass is 16.5. The second kappa shape index (κ2) is 5.20. The Morgan fingerprint density at radius 1 is 1.80 bits per heavy atom. The number of esters is 1. The van der Waals surface area contributed by atoms with E-state index in [4.69, 9.17) is 5.84 Å². The summed E-state index contributed by atoms with van der Waals surface area (Å²) >= 11 is 0. The van der Waals surface area contributed by atoms with Crippen LogP contribution in [-0.4, -0.2) is 19.1 Å². The van der Waals surface area contributed by atoms with Crippen molar-refractivity contribution in [2.45, 2.75) is 25.8 Å². The van der Waals surface area contributed by atoms with E-state index in [-0.39, 0.29) is 12.0 Å². The average molecular weight is 146 g/mol. The van der Waals surface area contributed by atoms with Gasteiger partial charge in [0.2, 0.25) is 0 Å². The molecule has 0 saturated heterocycles. The number of hydrogen-bond acceptors (Lipinski definition) is 4. The van der Waals surface area contributed by atoms with Gasteiger partial charge in [-0.1, -0.05) is 0 Å². The number of hydrazine groups is 1. The van der Waals surface area contributed by atoms with Crippen LogP contribution >= 0.6 is 0 Å². The molecule has 0 radical (unpaired) electrons. The molecule has 10 heavy (non-hydrogen) atoms. The third kappa shape index (κ3) is 4.29. The molecule has 0 rings (SSSR count). The molecule has 0 heterocycles. The van der Waals surface area contributed by atoms with Crippen LogP contribution in [0, 0.1) is 0 Å². The fraction of sp³-hybridized carbons (Fsp3) is 0.833. The highest BCUT2D eigenvalue weighted by Gasteiger charge is 2.03. The van der Waals surface area contributed by atoms with E-state index >= 15 is 0 Å². The van der Waals surface area contributed by atoms with Gasteiger partial charge in [-0.15, -0.1) is 0 Å². The standard InChI is InChI=1S/C6H14N2O2/c1-5(8-7)3-4-6(9)10-2/h5,8H,3-4,7H2,1-2H3. The summed E-state index contributed by atoms with van der Waals surface area (Å²) in [7, 11) is 1.38. The SMILES string of the molecule is COC(=O)CCC(C)NN. The van der Waals surface area contributed by atoms with Crippen molar-refractivity contribution in [3.8, 4) is 0 Å². The van der Waals surface area contributed by atoms with Gasteiger partial charge in [0, 0.05) is 12.5 Å². The summed E-state index contributed by atoms with van der Waals surface area (Å²) in [4.78, 5) is 10.5. The fourth-order valence-electron chi connectivity index (χ4n) is 0.520. The van der Waals surface area contributed by atoms with E-state index in [2.05, 4.69) is 10.2 Å². The molecule has 0 bridgehead atoms. The summed E-state index contributed by atoms with van der Waals surface area (Å²) in [6, 6.07) is 0.166. The van der Waals surface area contributed by atoms with E-state index in [1.54, 1.807) is 0 Å². The zero-order valence-corrected chi connectivity index (χ0v) is 6.39. The van der Waals surface area contributed by atoms with Crippen molar-refractivity contribution < 1.29 is 9.53 Å². The van der Waals surface area contributed by atoms with Crippen LogP contribution in [0.5, 0.6) is 0 Å². The first-order valence-electron chi connectivity index (χ1n) is 3.23. The van der Waals surface area contributed by atoms with Crippen molar-refractivity contribution in [2.75, 3.05) is 7.11 Å². The van der Waals surface area contributed by atoms with Crippen LogP contribution in [0.4, 0.5) is 0 Å². The molecule has 0 saturated carbocycles. The van der Waals surface area contributed by atoms with E-state index in [0.717, 1.165) is 0 Å². The Morgan fingerprint density at radius 3 is 2.80 bits per heavy atom. The van der Waals surface area contributed by atoms with E-state index < -0.39 is 0 Å². The quantitative estimate of drug-likeness (QED) is 0.327. The minimum atomic E-state index is -0.193. The molecule has 0 amide bonds. The monoisotopic (exact) mass is 146 g/mol. The predicted octanol–water partition coefficient (Wildman–Crippen LogP) is -0.209. The number of rotatable bonds is 4. The van der Waals surface area contributed by atoms with Gasteiger partial charge >= 0.3 is 5.97 Å². The van der Waals surface area contributed by atoms with Gasteiger partial charge in [0.05, 0.1) is 7.11 Å². The van der Waals surface area contributed by atoms with Crippen LogP contribution in [0.3, 0.4) is 0 Å². The zero-order chi connectivity index (χ0) is 7.98. The van der Waals surface area contributed by atoms with E-state index in [9.17, 15) is 4.79 Å². The topological polar surface area (TPSA) is 64.3 Å². The molecule has 3 N–H and O–H groups in total. The Bertz CT molecular complexity index is 106. The Kier molecular flexibility index (Phi) is 4.88. The van der Waals surface area contributed by atoms with Gasteiger partial charge in [0.15, 0.2) is 0 Å². The number of hydrogen-bond donors (Lipinski definition) is 2. The van der Waals surface area contributed by atoms with E-state index in [1.165, 1.54) is 7.11 Å². The first-order valence-corrected chi connectivity index (χ1v) is 3.23. The lowest BCUT2D eigenvalue weighted by Crippen LogP contribution is -2.32. The van der Waals surface area contributed by atoms with Crippen LogP contribution in [0.25, 0.3) is 0 Å². The highest BCUT2D eigenvalue weighted by Crippen LogP contribution is 1.95. The smallest absolute Gasteiger partial charge is 0.305 e. The van der Waals surface area contributed by atoms with Gasteiger partial charge in [-0.05, 0) is 13.3 Å². The molecule has 0 spiro atoms. The zero-order valence-electron chi connectivity index (χ0n) is 6.39. The van der Waals surface area contributed by atoms with E-state index in [0.29, 0.717) is 12.8 Å². The second-order valence-electron chi connectivity index (χ2n) is 2.18. The third-order valence-electron chi connectivity index (χ3n) is 1.29. The number of nitrogens with one attached hydrogen (secondary N) is 1. The average Bonchev–Trinajstić information content (AvgIpc) is 1.99. The molecule has 0 aromatic carbocycles. The Morgan fingerprint density at radius 2 is 2.40 bits per heavy atom. The fourth-order valence-corrected chi connectivity index (χ4v) is 0.520. The molecule has 0 aliphatic heterocycles. The van der Waals surface area contributed by atoms with Crippen molar-refractivity contribution in [3.05, 3.63) is 0 Å². The van der Waals surface area contributed by atoms with Gasteiger partial charge in [-0.25, -0.2) is 0 Å².